The second-order valence-corrected chi connectivity index (χ2v) is 7.70. The monoisotopic (exact) mass is 521 g/mol. The molecule has 0 aliphatic rings. The Hall–Kier alpha value is -3.96. The van der Waals surface area contributed by atoms with Crippen LogP contribution in [-0.4, -0.2) is 89.5 Å². The summed E-state index contributed by atoms with van der Waals surface area (Å²) < 4.78 is 0. The summed E-state index contributed by atoms with van der Waals surface area (Å²) in [5.74, 6) is -2.95. The van der Waals surface area contributed by atoms with Crippen LogP contribution in [0.5, 0.6) is 0 Å². The lowest BCUT2D eigenvalue weighted by molar-refractivity contribution is -0.491. The Morgan fingerprint density at radius 3 is 2.00 bits per heavy atom. The van der Waals surface area contributed by atoms with Crippen molar-refractivity contribution in [1.82, 2.24) is 4.90 Å². The van der Waals surface area contributed by atoms with Gasteiger partial charge in [0.15, 0.2) is 0 Å². The molecule has 2 rings (SSSR count). The van der Waals surface area contributed by atoms with Gasteiger partial charge in [0.1, 0.15) is 5.84 Å². The summed E-state index contributed by atoms with van der Waals surface area (Å²) in [5, 5.41) is 74.8. The van der Waals surface area contributed by atoms with Crippen molar-refractivity contribution in [2.24, 2.45) is 5.73 Å². The summed E-state index contributed by atoms with van der Waals surface area (Å²) in [6.07, 6.45) is -8.93. The zero-order chi connectivity index (χ0) is 28.0. The Morgan fingerprint density at radius 1 is 0.892 bits per heavy atom. The van der Waals surface area contributed by atoms with Crippen molar-refractivity contribution in [2.75, 3.05) is 23.4 Å². The van der Waals surface area contributed by atoms with E-state index in [-0.39, 0.29) is 30.9 Å². The van der Waals surface area contributed by atoms with Crippen molar-refractivity contribution in [1.29, 1.82) is 5.41 Å². The SMILES string of the molecule is N=C(N)c1ccc(NC(=O)CCC(=O)N(CCO)c2cccc(C(=O)N(C(O)(O)O)C(O)(O)O)c2)cc1. The molecule has 0 bridgehead atoms. The van der Waals surface area contributed by atoms with Crippen LogP contribution in [0, 0.1) is 5.41 Å². The van der Waals surface area contributed by atoms with Gasteiger partial charge in [-0.3, -0.25) is 19.8 Å². The molecular weight excluding hydrogens is 494 g/mol. The minimum absolute atomic E-state index is 0.0103. The molecule has 0 heterocycles. The largest absolute Gasteiger partial charge is 0.395 e. The normalized spacial score (nSPS) is 11.5. The predicted octanol–water partition coefficient (Wildman–Crippen LogP) is -2.67. The Balaban J connectivity index is 2.15. The number of hydrogen-bond donors (Lipinski definition) is 10. The highest BCUT2D eigenvalue weighted by molar-refractivity contribution is 6.00. The zero-order valence-corrected chi connectivity index (χ0v) is 19.3. The number of amidine groups is 1. The van der Waals surface area contributed by atoms with Crippen LogP contribution >= 0.6 is 0 Å². The van der Waals surface area contributed by atoms with E-state index in [1.54, 1.807) is 0 Å². The van der Waals surface area contributed by atoms with Crippen LogP contribution < -0.4 is 16.0 Å². The molecule has 15 nitrogen and oxygen atoms in total. The summed E-state index contributed by atoms with van der Waals surface area (Å²) in [7, 11) is 0. The van der Waals surface area contributed by atoms with Gasteiger partial charge in [-0.1, -0.05) is 6.07 Å². The van der Waals surface area contributed by atoms with Gasteiger partial charge < -0.3 is 51.7 Å². The number of nitrogens with one attached hydrogen (secondary N) is 2. The van der Waals surface area contributed by atoms with Crippen molar-refractivity contribution in [2.45, 2.75) is 25.0 Å². The van der Waals surface area contributed by atoms with Gasteiger partial charge in [0.2, 0.25) is 11.8 Å². The number of anilines is 2. The zero-order valence-electron chi connectivity index (χ0n) is 19.3. The number of aliphatic hydroxyl groups is 7. The molecule has 2 aromatic rings. The van der Waals surface area contributed by atoms with E-state index in [4.69, 9.17) is 11.1 Å². The average Bonchev–Trinajstić information content (AvgIpc) is 2.79. The number of nitrogens with two attached hydrogens (primary N) is 1. The van der Waals surface area contributed by atoms with Gasteiger partial charge in [0, 0.05) is 41.9 Å². The molecule has 200 valence electrons. The summed E-state index contributed by atoms with van der Waals surface area (Å²) >= 11 is 0. The van der Waals surface area contributed by atoms with Gasteiger partial charge in [-0.05, 0) is 42.5 Å². The third kappa shape index (κ3) is 8.02. The highest BCUT2D eigenvalue weighted by Gasteiger charge is 2.48. The molecular formula is C22H27N5O10. The molecule has 0 aliphatic heterocycles. The maximum Gasteiger partial charge on any atom is 0.378 e. The fourth-order valence-corrected chi connectivity index (χ4v) is 3.22. The minimum Gasteiger partial charge on any atom is -0.395 e. The second kappa shape index (κ2) is 11.8. The summed E-state index contributed by atoms with van der Waals surface area (Å²) in [6, 6.07) is 10.7. The van der Waals surface area contributed by atoms with Crippen LogP contribution in [0.3, 0.4) is 0 Å². The van der Waals surface area contributed by atoms with Crippen LogP contribution in [0.1, 0.15) is 28.8 Å². The van der Waals surface area contributed by atoms with Gasteiger partial charge in [-0.25, -0.2) is 0 Å². The topological polar surface area (TPSA) is 261 Å². The van der Waals surface area contributed by atoms with Gasteiger partial charge in [0.05, 0.1) is 6.61 Å². The summed E-state index contributed by atoms with van der Waals surface area (Å²) in [4.78, 5) is 37.8. The Morgan fingerprint density at radius 2 is 1.49 bits per heavy atom. The van der Waals surface area contributed by atoms with Gasteiger partial charge in [0.25, 0.3) is 5.91 Å². The predicted molar refractivity (Wildman–Crippen MR) is 126 cm³/mol. The number of aliphatic hydroxyl groups excluding tert-OH is 1. The molecule has 0 aromatic heterocycles. The first-order chi connectivity index (χ1) is 17.1. The van der Waals surface area contributed by atoms with Crippen LogP contribution in [0.25, 0.3) is 0 Å². The molecule has 0 saturated heterocycles. The van der Waals surface area contributed by atoms with Gasteiger partial charge >= 0.3 is 12.2 Å². The maximum atomic E-state index is 12.8. The molecule has 15 heteroatoms. The van der Waals surface area contributed by atoms with E-state index >= 15 is 0 Å². The average molecular weight is 521 g/mol. The number of amides is 3. The number of carbonyl (C=O) groups excluding carboxylic acids is 3. The molecule has 0 unspecified atom stereocenters. The molecule has 0 radical (unpaired) electrons. The van der Waals surface area contributed by atoms with Crippen molar-refractivity contribution < 1.29 is 50.1 Å². The van der Waals surface area contributed by atoms with Crippen molar-refractivity contribution in [3.05, 3.63) is 59.7 Å². The second-order valence-electron chi connectivity index (χ2n) is 7.70. The fourth-order valence-electron chi connectivity index (χ4n) is 3.22. The Labute approximate surface area is 209 Å². The first kappa shape index (κ1) is 29.3. The van der Waals surface area contributed by atoms with Crippen LogP contribution in [-0.2, 0) is 9.59 Å². The number of rotatable bonds is 11. The standard InChI is InChI=1S/C22H27N5O10/c23-19(24)13-4-6-15(7-5-13)25-17(29)8-9-18(30)26(10-11-28)16-3-1-2-14(12-16)20(31)27(21(32,33)34)22(35,36)37/h1-7,12,28,32-37H,8-11H2,(H3,23,24)(H,25,29). The lowest BCUT2D eigenvalue weighted by Crippen LogP contribution is -2.63. The van der Waals surface area contributed by atoms with E-state index in [9.17, 15) is 50.1 Å². The number of benzene rings is 2. The van der Waals surface area contributed by atoms with Crippen LogP contribution in [0.4, 0.5) is 11.4 Å². The molecule has 0 spiro atoms. The quantitative estimate of drug-likeness (QED) is 0.0828. The maximum absolute atomic E-state index is 12.8. The van der Waals surface area contributed by atoms with Crippen molar-refractivity contribution in [3.8, 4) is 0 Å². The molecule has 0 fully saturated rings. The smallest absolute Gasteiger partial charge is 0.378 e. The van der Waals surface area contributed by atoms with E-state index in [2.05, 4.69) is 5.32 Å². The molecule has 3 amide bonds. The van der Waals surface area contributed by atoms with E-state index in [0.29, 0.717) is 11.3 Å². The van der Waals surface area contributed by atoms with Crippen LogP contribution in [0.15, 0.2) is 48.5 Å². The third-order valence-corrected chi connectivity index (χ3v) is 4.88. The van der Waals surface area contributed by atoms with Gasteiger partial charge in [-0.2, -0.15) is 4.90 Å². The summed E-state index contributed by atoms with van der Waals surface area (Å²) in [5.41, 5.74) is 5.71. The fraction of sp³-hybridized carbons (Fsp3) is 0.273. The molecule has 0 atom stereocenters. The number of nitrogens with zero attached hydrogens (tertiary/aromatic N) is 2. The van der Waals surface area contributed by atoms with E-state index < -0.39 is 47.0 Å². The van der Waals surface area contributed by atoms with E-state index in [0.717, 1.165) is 17.0 Å². The molecule has 11 N–H and O–H groups in total. The lowest BCUT2D eigenvalue weighted by Gasteiger charge is -2.35. The van der Waals surface area contributed by atoms with Crippen LogP contribution in [0.2, 0.25) is 0 Å². The number of nitrogen functional groups attached to an aromatic ring is 1. The number of hydrogen-bond acceptors (Lipinski definition) is 11. The lowest BCUT2D eigenvalue weighted by atomic mass is 10.1. The highest BCUT2D eigenvalue weighted by atomic mass is 16.8. The van der Waals surface area contributed by atoms with Gasteiger partial charge in [-0.15, -0.1) is 0 Å². The molecule has 0 aliphatic carbocycles. The number of carbonyl (C=O) groups is 3. The third-order valence-electron chi connectivity index (χ3n) is 4.88. The van der Waals surface area contributed by atoms with Crippen molar-refractivity contribution >= 4 is 34.9 Å². The van der Waals surface area contributed by atoms with Crippen molar-refractivity contribution in [3.63, 3.8) is 0 Å². The molecule has 0 saturated carbocycles. The minimum atomic E-state index is -4.17. The first-order valence-corrected chi connectivity index (χ1v) is 10.6. The van der Waals surface area contributed by atoms with E-state index in [1.807, 2.05) is 0 Å². The summed E-state index contributed by atoms with van der Waals surface area (Å²) in [6.45, 7) is -0.771. The molecule has 37 heavy (non-hydrogen) atoms. The Kier molecular flexibility index (Phi) is 9.37. The Bertz CT molecular complexity index is 1130. The van der Waals surface area contributed by atoms with E-state index in [1.165, 1.54) is 36.4 Å². The highest BCUT2D eigenvalue weighted by Crippen LogP contribution is 2.23. The first-order valence-electron chi connectivity index (χ1n) is 10.6. The molecule has 2 aromatic carbocycles.